The first-order valence-corrected chi connectivity index (χ1v) is 8.66. The summed E-state index contributed by atoms with van der Waals surface area (Å²) >= 11 is 0. The van der Waals surface area contributed by atoms with E-state index in [0.717, 1.165) is 6.08 Å². The molecule has 0 fully saturated rings. The lowest BCUT2D eigenvalue weighted by atomic mass is 10.1. The molecule has 6 nitrogen and oxygen atoms in total. The van der Waals surface area contributed by atoms with Crippen molar-refractivity contribution in [2.75, 3.05) is 0 Å². The number of Topliss-reactive ketones (excluding diaryl/α,β-unsaturated/α-hetero) is 1. The van der Waals surface area contributed by atoms with Gasteiger partial charge in [-0.3, -0.25) is 9.59 Å². The number of hydrogen-bond donors (Lipinski definition) is 1. The van der Waals surface area contributed by atoms with E-state index in [0.29, 0.717) is 11.1 Å². The van der Waals surface area contributed by atoms with Crippen LogP contribution in [0.15, 0.2) is 59.5 Å². The van der Waals surface area contributed by atoms with Crippen LogP contribution in [0.5, 0.6) is 0 Å². The van der Waals surface area contributed by atoms with E-state index in [2.05, 4.69) is 0 Å². The van der Waals surface area contributed by atoms with Crippen molar-refractivity contribution in [2.24, 2.45) is 0 Å². The third-order valence-electron chi connectivity index (χ3n) is 3.23. The van der Waals surface area contributed by atoms with Crippen molar-refractivity contribution in [1.29, 1.82) is 5.26 Å². The maximum absolute atomic E-state index is 12.2. The molecule has 126 valence electrons. The third-order valence-corrected chi connectivity index (χ3v) is 4.57. The molecule has 0 atom stereocenters. The highest BCUT2D eigenvalue weighted by Gasteiger charge is 2.17. The van der Waals surface area contributed by atoms with Gasteiger partial charge < -0.3 is 0 Å². The Labute approximate surface area is 145 Å². The highest BCUT2D eigenvalue weighted by molar-refractivity contribution is 7.90. The maximum atomic E-state index is 12.2. The molecule has 0 heterocycles. The van der Waals surface area contributed by atoms with Crippen LogP contribution in [0.4, 0.5) is 0 Å². The standard InChI is InChI=1S/C18H14N2O4S/c1-13(21)16-6-3-7-17(11-16)25(23,24)20-18(22)9-8-14-4-2-5-15(10-14)12-19/h2-11H,1H3,(H,20,22)/b9-8+. The zero-order chi connectivity index (χ0) is 18.4. The number of rotatable bonds is 5. The second-order valence-corrected chi connectivity index (χ2v) is 6.81. The first-order chi connectivity index (χ1) is 11.8. The van der Waals surface area contributed by atoms with E-state index in [1.54, 1.807) is 24.3 Å². The van der Waals surface area contributed by atoms with Gasteiger partial charge in [-0.15, -0.1) is 0 Å². The topological polar surface area (TPSA) is 104 Å². The van der Waals surface area contributed by atoms with Gasteiger partial charge in [-0.1, -0.05) is 24.3 Å². The van der Waals surface area contributed by atoms with Gasteiger partial charge in [-0.05, 0) is 42.8 Å². The molecule has 0 spiro atoms. The van der Waals surface area contributed by atoms with Crippen molar-refractivity contribution in [2.45, 2.75) is 11.8 Å². The summed E-state index contributed by atoms with van der Waals surface area (Å²) < 4.78 is 26.3. The smallest absolute Gasteiger partial charge is 0.264 e. The fourth-order valence-corrected chi connectivity index (χ4v) is 2.98. The van der Waals surface area contributed by atoms with E-state index in [4.69, 9.17) is 5.26 Å². The Hall–Kier alpha value is -3.24. The molecule has 7 heteroatoms. The Morgan fingerprint density at radius 1 is 1.12 bits per heavy atom. The molecular weight excluding hydrogens is 340 g/mol. The molecule has 0 unspecified atom stereocenters. The van der Waals surface area contributed by atoms with Crippen LogP contribution in [0.25, 0.3) is 6.08 Å². The fourth-order valence-electron chi connectivity index (χ4n) is 1.99. The summed E-state index contributed by atoms with van der Waals surface area (Å²) in [6.07, 6.45) is 2.46. The molecule has 0 bridgehead atoms. The van der Waals surface area contributed by atoms with Crippen LogP contribution in [0.2, 0.25) is 0 Å². The number of benzene rings is 2. The molecule has 2 aromatic rings. The Morgan fingerprint density at radius 2 is 1.84 bits per heavy atom. The fraction of sp³-hybridized carbons (Fsp3) is 0.0556. The molecule has 2 rings (SSSR count). The number of sulfonamides is 1. The second kappa shape index (κ2) is 7.55. The number of carbonyl (C=O) groups excluding carboxylic acids is 2. The Morgan fingerprint density at radius 3 is 2.52 bits per heavy atom. The van der Waals surface area contributed by atoms with E-state index in [9.17, 15) is 18.0 Å². The summed E-state index contributed by atoms with van der Waals surface area (Å²) in [5.41, 5.74) is 1.25. The molecule has 0 saturated carbocycles. The average Bonchev–Trinajstić information content (AvgIpc) is 2.60. The van der Waals surface area contributed by atoms with Gasteiger partial charge in [0, 0.05) is 11.6 Å². The molecule has 0 aliphatic carbocycles. The number of hydrogen-bond acceptors (Lipinski definition) is 5. The molecule has 0 aliphatic rings. The minimum atomic E-state index is -4.09. The summed E-state index contributed by atoms with van der Waals surface area (Å²) in [5, 5.41) is 8.82. The summed E-state index contributed by atoms with van der Waals surface area (Å²) in [7, 11) is -4.09. The van der Waals surface area contributed by atoms with E-state index < -0.39 is 15.9 Å². The molecule has 2 aromatic carbocycles. The first-order valence-electron chi connectivity index (χ1n) is 7.18. The van der Waals surface area contributed by atoms with Gasteiger partial charge in [-0.25, -0.2) is 13.1 Å². The maximum Gasteiger partial charge on any atom is 0.264 e. The molecular formula is C18H14N2O4S. The Balaban J connectivity index is 2.16. The number of nitriles is 1. The number of amides is 1. The Bertz CT molecular complexity index is 1000. The summed E-state index contributed by atoms with van der Waals surface area (Å²) in [5.74, 6) is -1.11. The van der Waals surface area contributed by atoms with Crippen molar-refractivity contribution < 1.29 is 18.0 Å². The molecule has 25 heavy (non-hydrogen) atoms. The predicted octanol–water partition coefficient (Wildman–Crippen LogP) is 2.28. The van der Waals surface area contributed by atoms with Crippen LogP contribution in [-0.2, 0) is 14.8 Å². The van der Waals surface area contributed by atoms with Gasteiger partial charge >= 0.3 is 0 Å². The zero-order valence-corrected chi connectivity index (χ0v) is 14.1. The van der Waals surface area contributed by atoms with Crippen LogP contribution in [0.1, 0.15) is 28.4 Å². The molecule has 0 radical (unpaired) electrons. The van der Waals surface area contributed by atoms with Crippen LogP contribution in [-0.4, -0.2) is 20.1 Å². The van der Waals surface area contributed by atoms with Crippen molar-refractivity contribution in [1.82, 2.24) is 4.72 Å². The minimum Gasteiger partial charge on any atom is -0.295 e. The first kappa shape index (κ1) is 18.1. The largest absolute Gasteiger partial charge is 0.295 e. The molecule has 1 N–H and O–H groups in total. The van der Waals surface area contributed by atoms with Crippen molar-refractivity contribution in [3.63, 3.8) is 0 Å². The van der Waals surface area contributed by atoms with Crippen LogP contribution >= 0.6 is 0 Å². The number of nitrogens with zero attached hydrogens (tertiary/aromatic N) is 1. The molecule has 0 aliphatic heterocycles. The van der Waals surface area contributed by atoms with E-state index in [1.165, 1.54) is 37.3 Å². The van der Waals surface area contributed by atoms with Gasteiger partial charge in [0.1, 0.15) is 0 Å². The molecule has 1 amide bonds. The van der Waals surface area contributed by atoms with Gasteiger partial charge in [0.2, 0.25) is 0 Å². The van der Waals surface area contributed by atoms with Crippen molar-refractivity contribution in [3.05, 3.63) is 71.3 Å². The summed E-state index contributed by atoms with van der Waals surface area (Å²) in [6, 6.07) is 13.9. The molecule has 0 aromatic heterocycles. The second-order valence-electron chi connectivity index (χ2n) is 5.12. The minimum absolute atomic E-state index is 0.173. The monoisotopic (exact) mass is 354 g/mol. The third kappa shape index (κ3) is 4.86. The summed E-state index contributed by atoms with van der Waals surface area (Å²) in [4.78, 5) is 23.0. The highest BCUT2D eigenvalue weighted by atomic mass is 32.2. The SMILES string of the molecule is CC(=O)c1cccc(S(=O)(=O)NC(=O)/C=C/c2cccc(C#N)c2)c1. The number of carbonyl (C=O) groups is 2. The van der Waals surface area contributed by atoms with Crippen molar-refractivity contribution in [3.8, 4) is 6.07 Å². The van der Waals surface area contributed by atoms with Gasteiger partial charge in [0.15, 0.2) is 5.78 Å². The number of ketones is 1. The van der Waals surface area contributed by atoms with Gasteiger partial charge in [-0.2, -0.15) is 5.26 Å². The highest BCUT2D eigenvalue weighted by Crippen LogP contribution is 2.12. The predicted molar refractivity (Wildman–Crippen MR) is 92.0 cm³/mol. The lowest BCUT2D eigenvalue weighted by Crippen LogP contribution is -2.29. The normalized spacial score (nSPS) is 11.0. The zero-order valence-electron chi connectivity index (χ0n) is 13.3. The van der Waals surface area contributed by atoms with E-state index in [1.807, 2.05) is 10.8 Å². The van der Waals surface area contributed by atoms with Crippen LogP contribution < -0.4 is 4.72 Å². The lowest BCUT2D eigenvalue weighted by molar-refractivity contribution is -0.114. The van der Waals surface area contributed by atoms with Gasteiger partial charge in [0.25, 0.3) is 15.9 Å². The van der Waals surface area contributed by atoms with E-state index in [-0.39, 0.29) is 16.2 Å². The lowest BCUT2D eigenvalue weighted by Gasteiger charge is -2.06. The molecule has 0 saturated heterocycles. The summed E-state index contributed by atoms with van der Waals surface area (Å²) in [6.45, 7) is 1.32. The van der Waals surface area contributed by atoms with E-state index >= 15 is 0 Å². The van der Waals surface area contributed by atoms with Gasteiger partial charge in [0.05, 0.1) is 16.5 Å². The van der Waals surface area contributed by atoms with Crippen LogP contribution in [0, 0.1) is 11.3 Å². The Kier molecular flexibility index (Phi) is 5.47. The quantitative estimate of drug-likeness (QED) is 0.655. The average molecular weight is 354 g/mol. The van der Waals surface area contributed by atoms with Crippen LogP contribution in [0.3, 0.4) is 0 Å². The number of nitrogens with one attached hydrogen (secondary N) is 1. The van der Waals surface area contributed by atoms with Crippen molar-refractivity contribution >= 4 is 27.8 Å².